The van der Waals surface area contributed by atoms with Crippen molar-refractivity contribution in [3.8, 4) is 28.5 Å². The zero-order valence-electron chi connectivity index (χ0n) is 14.3. The lowest BCUT2D eigenvalue weighted by atomic mass is 10.0. The minimum Gasteiger partial charge on any atom is -0.455 e. The van der Waals surface area contributed by atoms with Crippen LogP contribution in [0.25, 0.3) is 22.4 Å². The van der Waals surface area contributed by atoms with Crippen molar-refractivity contribution in [1.29, 1.82) is 5.26 Å². The van der Waals surface area contributed by atoms with Crippen LogP contribution in [0.1, 0.15) is 23.8 Å². The van der Waals surface area contributed by atoms with Crippen molar-refractivity contribution in [2.75, 3.05) is 5.75 Å². The molecule has 0 aliphatic carbocycles. The average molecular weight is 350 g/mol. The molecule has 3 aromatic rings. The zero-order valence-corrected chi connectivity index (χ0v) is 15.2. The van der Waals surface area contributed by atoms with E-state index in [1.165, 1.54) is 0 Å². The Labute approximate surface area is 150 Å². The number of furan rings is 1. The SMILES string of the molecule is CCSc1oc(C)cc1-c1cc(-c2ccc(C)cc2)[nH]c(=O)c1C#N. The molecule has 0 atom stereocenters. The molecule has 0 bridgehead atoms. The van der Waals surface area contributed by atoms with E-state index in [1.54, 1.807) is 11.8 Å². The minimum atomic E-state index is -0.387. The molecular weight excluding hydrogens is 332 g/mol. The summed E-state index contributed by atoms with van der Waals surface area (Å²) in [5.74, 6) is 1.60. The van der Waals surface area contributed by atoms with Crippen LogP contribution in [0.2, 0.25) is 0 Å². The Balaban J connectivity index is 2.24. The van der Waals surface area contributed by atoms with Crippen molar-refractivity contribution in [3.05, 3.63) is 63.6 Å². The summed E-state index contributed by atoms with van der Waals surface area (Å²) in [5.41, 5.74) is 3.85. The molecule has 0 radical (unpaired) electrons. The number of nitrogens with zero attached hydrogens (tertiary/aromatic N) is 1. The maximum atomic E-state index is 12.5. The molecule has 0 saturated heterocycles. The summed E-state index contributed by atoms with van der Waals surface area (Å²) < 4.78 is 5.75. The van der Waals surface area contributed by atoms with Crippen LogP contribution in [0.15, 0.2) is 50.7 Å². The third-order valence-corrected chi connectivity index (χ3v) is 4.75. The van der Waals surface area contributed by atoms with Crippen molar-refractivity contribution in [2.24, 2.45) is 0 Å². The van der Waals surface area contributed by atoms with Crippen LogP contribution in [-0.2, 0) is 0 Å². The molecule has 126 valence electrons. The van der Waals surface area contributed by atoms with Gasteiger partial charge in [-0.3, -0.25) is 4.79 Å². The fraction of sp³-hybridized carbons (Fsp3) is 0.200. The first-order chi connectivity index (χ1) is 12.0. The maximum absolute atomic E-state index is 12.5. The second-order valence-electron chi connectivity index (χ2n) is 5.77. The van der Waals surface area contributed by atoms with Crippen molar-refractivity contribution in [2.45, 2.75) is 25.9 Å². The number of aryl methyl sites for hydroxylation is 2. The van der Waals surface area contributed by atoms with Gasteiger partial charge in [-0.15, -0.1) is 0 Å². The van der Waals surface area contributed by atoms with Crippen LogP contribution in [-0.4, -0.2) is 10.7 Å². The molecule has 1 aromatic carbocycles. The summed E-state index contributed by atoms with van der Waals surface area (Å²) in [6.45, 7) is 5.91. The molecule has 0 aliphatic rings. The van der Waals surface area contributed by atoms with Crippen molar-refractivity contribution in [3.63, 3.8) is 0 Å². The number of H-pyrrole nitrogens is 1. The molecule has 2 aromatic heterocycles. The predicted octanol–water partition coefficient (Wildman–Crippen LogP) is 4.90. The fourth-order valence-corrected chi connectivity index (χ4v) is 3.47. The quantitative estimate of drug-likeness (QED) is 0.679. The van der Waals surface area contributed by atoms with Crippen LogP contribution >= 0.6 is 11.8 Å². The van der Waals surface area contributed by atoms with Gasteiger partial charge in [0.25, 0.3) is 5.56 Å². The fourth-order valence-electron chi connectivity index (χ4n) is 2.69. The standard InChI is InChI=1S/C20H18N2O2S/c1-4-25-20-16(9-13(3)24-20)15-10-18(22-19(23)17(15)11-21)14-7-5-12(2)6-8-14/h5-10H,4H2,1-3H3,(H,22,23). The van der Waals surface area contributed by atoms with Gasteiger partial charge in [0.05, 0.1) is 0 Å². The number of nitriles is 1. The van der Waals surface area contributed by atoms with Gasteiger partial charge in [-0.2, -0.15) is 5.26 Å². The average Bonchev–Trinajstić information content (AvgIpc) is 2.95. The molecule has 5 heteroatoms. The van der Waals surface area contributed by atoms with Crippen LogP contribution in [0.5, 0.6) is 0 Å². The second-order valence-corrected chi connectivity index (χ2v) is 7.01. The number of aromatic amines is 1. The lowest BCUT2D eigenvalue weighted by molar-refractivity contribution is 0.450. The van der Waals surface area contributed by atoms with Crippen LogP contribution in [0.4, 0.5) is 0 Å². The predicted molar refractivity (Wildman–Crippen MR) is 101 cm³/mol. The summed E-state index contributed by atoms with van der Waals surface area (Å²) in [6, 6.07) is 13.7. The minimum absolute atomic E-state index is 0.106. The van der Waals surface area contributed by atoms with Gasteiger partial charge in [0.15, 0.2) is 5.09 Å². The molecule has 0 fully saturated rings. The van der Waals surface area contributed by atoms with E-state index >= 15 is 0 Å². The Bertz CT molecular complexity index is 1010. The van der Waals surface area contributed by atoms with E-state index in [2.05, 4.69) is 4.98 Å². The van der Waals surface area contributed by atoms with E-state index in [0.29, 0.717) is 11.3 Å². The van der Waals surface area contributed by atoms with Crippen LogP contribution < -0.4 is 5.56 Å². The zero-order chi connectivity index (χ0) is 18.0. The number of hydrogen-bond acceptors (Lipinski definition) is 4. The number of nitrogens with one attached hydrogen (secondary N) is 1. The van der Waals surface area contributed by atoms with Gasteiger partial charge in [-0.1, -0.05) is 48.5 Å². The molecule has 1 N–H and O–H groups in total. The van der Waals surface area contributed by atoms with Crippen molar-refractivity contribution < 1.29 is 4.42 Å². The Morgan fingerprint density at radius 2 is 1.88 bits per heavy atom. The largest absolute Gasteiger partial charge is 0.455 e. The summed E-state index contributed by atoms with van der Waals surface area (Å²) in [7, 11) is 0. The van der Waals surface area contributed by atoms with Gasteiger partial charge in [0.1, 0.15) is 17.4 Å². The molecule has 3 rings (SSSR count). The highest BCUT2D eigenvalue weighted by Gasteiger charge is 2.18. The third-order valence-electron chi connectivity index (χ3n) is 3.89. The summed E-state index contributed by atoms with van der Waals surface area (Å²) >= 11 is 1.56. The van der Waals surface area contributed by atoms with E-state index in [4.69, 9.17) is 4.42 Å². The van der Waals surface area contributed by atoms with Crippen molar-refractivity contribution >= 4 is 11.8 Å². The normalized spacial score (nSPS) is 10.6. The molecule has 4 nitrogen and oxygen atoms in total. The van der Waals surface area contributed by atoms with Crippen LogP contribution in [0.3, 0.4) is 0 Å². The monoisotopic (exact) mass is 350 g/mol. The first-order valence-electron chi connectivity index (χ1n) is 8.01. The second kappa shape index (κ2) is 7.04. The molecule has 0 amide bonds. The smallest absolute Gasteiger partial charge is 0.266 e. The third kappa shape index (κ3) is 3.40. The lowest BCUT2D eigenvalue weighted by Crippen LogP contribution is -2.12. The maximum Gasteiger partial charge on any atom is 0.266 e. The van der Waals surface area contributed by atoms with E-state index in [0.717, 1.165) is 33.3 Å². The highest BCUT2D eigenvalue weighted by molar-refractivity contribution is 7.99. The molecule has 0 unspecified atom stereocenters. The van der Waals surface area contributed by atoms with E-state index in [9.17, 15) is 10.1 Å². The molecule has 0 saturated carbocycles. The first-order valence-corrected chi connectivity index (χ1v) is 9.00. The number of benzene rings is 1. The highest BCUT2D eigenvalue weighted by atomic mass is 32.2. The highest BCUT2D eigenvalue weighted by Crippen LogP contribution is 2.36. The Morgan fingerprint density at radius 1 is 1.16 bits per heavy atom. The molecule has 25 heavy (non-hydrogen) atoms. The molecule has 0 aliphatic heterocycles. The van der Waals surface area contributed by atoms with Gasteiger partial charge in [0, 0.05) is 16.8 Å². The Kier molecular flexibility index (Phi) is 4.82. The van der Waals surface area contributed by atoms with Gasteiger partial charge in [0.2, 0.25) is 0 Å². The number of hydrogen-bond donors (Lipinski definition) is 1. The summed E-state index contributed by atoms with van der Waals surface area (Å²) in [4.78, 5) is 15.3. The molecule has 2 heterocycles. The number of thioether (sulfide) groups is 1. The molecule has 0 spiro atoms. The van der Waals surface area contributed by atoms with Crippen molar-refractivity contribution in [1.82, 2.24) is 4.98 Å². The Hall–Kier alpha value is -2.71. The van der Waals surface area contributed by atoms with Gasteiger partial charge in [-0.25, -0.2) is 0 Å². The van der Waals surface area contributed by atoms with Crippen LogP contribution in [0, 0.1) is 25.2 Å². The summed E-state index contributed by atoms with van der Waals surface area (Å²) in [5, 5.41) is 10.2. The molecular formula is C20H18N2O2S. The first kappa shape index (κ1) is 17.1. The van der Waals surface area contributed by atoms with E-state index in [-0.39, 0.29) is 11.1 Å². The van der Waals surface area contributed by atoms with Gasteiger partial charge >= 0.3 is 0 Å². The number of aromatic nitrogens is 1. The topological polar surface area (TPSA) is 69.8 Å². The van der Waals surface area contributed by atoms with Gasteiger partial charge < -0.3 is 9.40 Å². The lowest BCUT2D eigenvalue weighted by Gasteiger charge is -2.08. The summed E-state index contributed by atoms with van der Waals surface area (Å²) in [6.07, 6.45) is 0. The Morgan fingerprint density at radius 3 is 2.52 bits per heavy atom. The number of pyridine rings is 1. The van der Waals surface area contributed by atoms with Gasteiger partial charge in [-0.05, 0) is 37.3 Å². The number of rotatable bonds is 4. The van der Waals surface area contributed by atoms with E-state index in [1.807, 2.05) is 63.2 Å². The van der Waals surface area contributed by atoms with E-state index < -0.39 is 0 Å².